The summed E-state index contributed by atoms with van der Waals surface area (Å²) >= 11 is 0. The van der Waals surface area contributed by atoms with Gasteiger partial charge in [0.25, 0.3) is 0 Å². The molecule has 1 aromatic carbocycles. The Labute approximate surface area is 117 Å². The van der Waals surface area contributed by atoms with Crippen LogP contribution in [0.15, 0.2) is 24.3 Å². The van der Waals surface area contributed by atoms with Crippen molar-refractivity contribution in [1.29, 1.82) is 0 Å². The van der Waals surface area contributed by atoms with Crippen LogP contribution < -0.4 is 5.32 Å². The predicted molar refractivity (Wildman–Crippen MR) is 81.3 cm³/mol. The number of rotatable bonds is 8. The molecule has 0 fully saturated rings. The highest BCUT2D eigenvalue weighted by molar-refractivity contribution is 7.90. The molecule has 4 heteroatoms. The first-order valence-corrected chi connectivity index (χ1v) is 8.99. The molecule has 3 nitrogen and oxygen atoms in total. The van der Waals surface area contributed by atoms with Gasteiger partial charge in [-0.2, -0.15) is 0 Å². The average Bonchev–Trinajstić information content (AvgIpc) is 2.35. The molecule has 1 aromatic rings. The van der Waals surface area contributed by atoms with Crippen LogP contribution in [0.3, 0.4) is 0 Å². The van der Waals surface area contributed by atoms with Gasteiger partial charge in [0.2, 0.25) is 0 Å². The highest BCUT2D eigenvalue weighted by atomic mass is 32.2. The number of hydrogen-bond acceptors (Lipinski definition) is 3. The molecule has 0 aliphatic heterocycles. The number of aryl methyl sites for hydroxylation is 1. The van der Waals surface area contributed by atoms with E-state index in [0.29, 0.717) is 0 Å². The van der Waals surface area contributed by atoms with Gasteiger partial charge in [-0.1, -0.05) is 38.1 Å². The largest absolute Gasteiger partial charge is 0.313 e. The van der Waals surface area contributed by atoms with E-state index in [0.717, 1.165) is 25.8 Å². The first-order valence-electron chi connectivity index (χ1n) is 6.93. The number of benzene rings is 1. The second-order valence-corrected chi connectivity index (χ2v) is 7.30. The summed E-state index contributed by atoms with van der Waals surface area (Å²) in [5, 5.41) is 3.32. The molecule has 0 bridgehead atoms. The third-order valence-corrected chi connectivity index (χ3v) is 4.11. The minimum Gasteiger partial charge on any atom is -0.313 e. The van der Waals surface area contributed by atoms with Gasteiger partial charge < -0.3 is 5.32 Å². The fourth-order valence-corrected chi connectivity index (χ4v) is 3.07. The zero-order valence-electron chi connectivity index (χ0n) is 12.1. The SMILES string of the molecule is CCCNC(Cc1ccc(CC)cc1)CS(C)(=O)=O. The van der Waals surface area contributed by atoms with Crippen LogP contribution in [-0.4, -0.2) is 33.0 Å². The Morgan fingerprint density at radius 1 is 1.11 bits per heavy atom. The molecule has 0 aliphatic rings. The van der Waals surface area contributed by atoms with Crippen LogP contribution in [0.1, 0.15) is 31.4 Å². The van der Waals surface area contributed by atoms with E-state index >= 15 is 0 Å². The summed E-state index contributed by atoms with van der Waals surface area (Å²) in [4.78, 5) is 0. The molecular weight excluding hydrogens is 258 g/mol. The van der Waals surface area contributed by atoms with Gasteiger partial charge in [0.1, 0.15) is 9.84 Å². The lowest BCUT2D eigenvalue weighted by atomic mass is 10.0. The fraction of sp³-hybridized carbons (Fsp3) is 0.600. The maximum atomic E-state index is 11.5. The molecule has 0 aromatic heterocycles. The normalized spacial score (nSPS) is 13.4. The lowest BCUT2D eigenvalue weighted by Crippen LogP contribution is -2.37. The molecule has 108 valence electrons. The zero-order chi connectivity index (χ0) is 14.3. The predicted octanol–water partition coefficient (Wildman–Crippen LogP) is 2.20. The molecule has 0 amide bonds. The van der Waals surface area contributed by atoms with E-state index in [1.54, 1.807) is 0 Å². The second kappa shape index (κ2) is 7.65. The van der Waals surface area contributed by atoms with Gasteiger partial charge in [0.15, 0.2) is 0 Å². The molecule has 1 N–H and O–H groups in total. The molecule has 0 saturated heterocycles. The smallest absolute Gasteiger partial charge is 0.148 e. The Morgan fingerprint density at radius 3 is 2.16 bits per heavy atom. The van der Waals surface area contributed by atoms with E-state index < -0.39 is 9.84 Å². The molecule has 1 unspecified atom stereocenters. The molecule has 0 spiro atoms. The van der Waals surface area contributed by atoms with Crippen molar-refractivity contribution in [1.82, 2.24) is 5.32 Å². The van der Waals surface area contributed by atoms with E-state index in [1.807, 2.05) is 0 Å². The fourth-order valence-electron chi connectivity index (χ4n) is 2.10. The number of nitrogens with one attached hydrogen (secondary N) is 1. The van der Waals surface area contributed by atoms with Gasteiger partial charge in [-0.05, 0) is 36.9 Å². The van der Waals surface area contributed by atoms with E-state index in [1.165, 1.54) is 17.4 Å². The molecule has 0 radical (unpaired) electrons. The summed E-state index contributed by atoms with van der Waals surface area (Å²) in [5.41, 5.74) is 2.50. The Hall–Kier alpha value is -0.870. The van der Waals surface area contributed by atoms with Crippen molar-refractivity contribution < 1.29 is 8.42 Å². The molecule has 0 heterocycles. The molecule has 1 atom stereocenters. The van der Waals surface area contributed by atoms with Crippen LogP contribution >= 0.6 is 0 Å². The highest BCUT2D eigenvalue weighted by Gasteiger charge is 2.15. The lowest BCUT2D eigenvalue weighted by Gasteiger charge is -2.17. The van der Waals surface area contributed by atoms with E-state index in [4.69, 9.17) is 0 Å². The summed E-state index contributed by atoms with van der Waals surface area (Å²) in [6.07, 6.45) is 4.10. The molecule has 0 saturated carbocycles. The molecular formula is C15H25NO2S. The first-order chi connectivity index (χ1) is 8.94. The molecule has 19 heavy (non-hydrogen) atoms. The lowest BCUT2D eigenvalue weighted by molar-refractivity contribution is 0.530. The Balaban J connectivity index is 2.69. The van der Waals surface area contributed by atoms with Crippen molar-refractivity contribution in [3.05, 3.63) is 35.4 Å². The minimum absolute atomic E-state index is 0.00225. The Morgan fingerprint density at radius 2 is 1.68 bits per heavy atom. The van der Waals surface area contributed by atoms with Crippen molar-refractivity contribution in [2.75, 3.05) is 18.6 Å². The van der Waals surface area contributed by atoms with E-state index in [2.05, 4.69) is 43.4 Å². The summed E-state index contributed by atoms with van der Waals surface area (Å²) in [6.45, 7) is 5.07. The average molecular weight is 283 g/mol. The van der Waals surface area contributed by atoms with Gasteiger partial charge in [0, 0.05) is 12.3 Å². The number of sulfone groups is 1. The van der Waals surface area contributed by atoms with E-state index in [9.17, 15) is 8.42 Å². The second-order valence-electron chi connectivity index (χ2n) is 5.12. The quantitative estimate of drug-likeness (QED) is 0.795. The summed E-state index contributed by atoms with van der Waals surface area (Å²) in [6, 6.07) is 8.44. The zero-order valence-corrected chi connectivity index (χ0v) is 13.0. The van der Waals surface area contributed by atoms with Crippen LogP contribution in [0.2, 0.25) is 0 Å². The van der Waals surface area contributed by atoms with Crippen LogP contribution in [-0.2, 0) is 22.7 Å². The standard InChI is InChI=1S/C15H25NO2S/c1-4-10-16-15(12-19(3,17)18)11-14-8-6-13(5-2)7-9-14/h6-9,15-16H,4-5,10-12H2,1-3H3. The Kier molecular flexibility index (Phi) is 6.52. The monoisotopic (exact) mass is 283 g/mol. The summed E-state index contributed by atoms with van der Waals surface area (Å²) in [5.74, 6) is 0.197. The number of hydrogen-bond donors (Lipinski definition) is 1. The summed E-state index contributed by atoms with van der Waals surface area (Å²) in [7, 11) is -2.95. The Bertz CT molecular complexity index is 465. The van der Waals surface area contributed by atoms with Crippen LogP contribution in [0, 0.1) is 0 Å². The van der Waals surface area contributed by atoms with Crippen molar-refractivity contribution in [2.45, 2.75) is 39.2 Å². The van der Waals surface area contributed by atoms with Gasteiger partial charge in [-0.25, -0.2) is 8.42 Å². The van der Waals surface area contributed by atoms with Gasteiger partial charge in [0.05, 0.1) is 5.75 Å². The third kappa shape index (κ3) is 6.73. The minimum atomic E-state index is -2.95. The first kappa shape index (κ1) is 16.2. The maximum absolute atomic E-state index is 11.5. The van der Waals surface area contributed by atoms with Crippen molar-refractivity contribution in [3.8, 4) is 0 Å². The van der Waals surface area contributed by atoms with Crippen LogP contribution in [0.5, 0.6) is 0 Å². The van der Waals surface area contributed by atoms with E-state index in [-0.39, 0.29) is 11.8 Å². The topological polar surface area (TPSA) is 46.2 Å². The van der Waals surface area contributed by atoms with Gasteiger partial charge in [-0.15, -0.1) is 0 Å². The van der Waals surface area contributed by atoms with Crippen LogP contribution in [0.4, 0.5) is 0 Å². The van der Waals surface area contributed by atoms with Gasteiger partial charge >= 0.3 is 0 Å². The maximum Gasteiger partial charge on any atom is 0.148 e. The van der Waals surface area contributed by atoms with Crippen molar-refractivity contribution in [3.63, 3.8) is 0 Å². The molecule has 1 rings (SSSR count). The van der Waals surface area contributed by atoms with Crippen molar-refractivity contribution >= 4 is 9.84 Å². The highest BCUT2D eigenvalue weighted by Crippen LogP contribution is 2.09. The van der Waals surface area contributed by atoms with Gasteiger partial charge in [-0.3, -0.25) is 0 Å². The van der Waals surface area contributed by atoms with Crippen LogP contribution in [0.25, 0.3) is 0 Å². The molecule has 0 aliphatic carbocycles. The third-order valence-electron chi connectivity index (χ3n) is 3.10. The summed E-state index contributed by atoms with van der Waals surface area (Å²) < 4.78 is 22.9. The van der Waals surface area contributed by atoms with Crippen molar-refractivity contribution in [2.24, 2.45) is 0 Å².